The predicted octanol–water partition coefficient (Wildman–Crippen LogP) is 14.3. The fourth-order valence-corrected chi connectivity index (χ4v) is 10.0. The lowest BCUT2D eigenvalue weighted by Gasteiger charge is -2.46. The molecule has 318 valence electrons. The fourth-order valence-electron chi connectivity index (χ4n) is 10.0. The van der Waals surface area contributed by atoms with Gasteiger partial charge < -0.3 is 9.80 Å². The first-order valence-electron chi connectivity index (χ1n) is 23.1. The van der Waals surface area contributed by atoms with E-state index < -0.39 is 5.41 Å². The van der Waals surface area contributed by atoms with Crippen LogP contribution in [0, 0.1) is 0 Å². The summed E-state index contributed by atoms with van der Waals surface area (Å²) in [6.07, 6.45) is 0. The van der Waals surface area contributed by atoms with E-state index in [1.807, 2.05) is 0 Å². The lowest BCUT2D eigenvalue weighted by atomic mass is 9.33. The fraction of sp³-hybridized carbons (Fsp3) is 0.300. The van der Waals surface area contributed by atoms with Gasteiger partial charge in [-0.1, -0.05) is 192 Å². The van der Waals surface area contributed by atoms with Crippen molar-refractivity contribution in [2.75, 3.05) is 9.80 Å². The molecule has 0 unspecified atom stereocenters. The van der Waals surface area contributed by atoms with Crippen LogP contribution in [0.25, 0.3) is 0 Å². The second-order valence-electron chi connectivity index (χ2n) is 22.5. The van der Waals surface area contributed by atoms with E-state index >= 15 is 0 Å². The van der Waals surface area contributed by atoms with E-state index in [9.17, 15) is 0 Å². The average Bonchev–Trinajstić information content (AvgIpc) is 3.25. The Kier molecular flexibility index (Phi) is 10.1. The van der Waals surface area contributed by atoms with Gasteiger partial charge in [0.2, 0.25) is 0 Å². The first kappa shape index (κ1) is 42.5. The molecule has 0 aromatic heterocycles. The number of benzene rings is 7. The van der Waals surface area contributed by atoms with E-state index in [0.29, 0.717) is 0 Å². The zero-order valence-corrected chi connectivity index (χ0v) is 40.0. The Bertz CT molecular complexity index is 2620. The van der Waals surface area contributed by atoms with Crippen molar-refractivity contribution in [2.24, 2.45) is 0 Å². The van der Waals surface area contributed by atoms with Crippen molar-refractivity contribution in [3.63, 3.8) is 0 Å². The molecule has 0 atom stereocenters. The van der Waals surface area contributed by atoms with Crippen molar-refractivity contribution in [1.82, 2.24) is 0 Å². The van der Waals surface area contributed by atoms with E-state index in [2.05, 4.69) is 258 Å². The van der Waals surface area contributed by atoms with Crippen LogP contribution >= 0.6 is 0 Å². The van der Waals surface area contributed by atoms with Crippen LogP contribution in [-0.4, -0.2) is 6.71 Å². The highest BCUT2D eigenvalue weighted by Gasteiger charge is 2.46. The highest BCUT2D eigenvalue weighted by Crippen LogP contribution is 2.49. The molecule has 9 rings (SSSR count). The van der Waals surface area contributed by atoms with Gasteiger partial charge in [-0.3, -0.25) is 0 Å². The molecule has 0 bridgehead atoms. The summed E-state index contributed by atoms with van der Waals surface area (Å²) in [6.45, 7) is 30.3. The number of fused-ring (bicyclic) bond motifs is 4. The van der Waals surface area contributed by atoms with Crippen molar-refractivity contribution in [2.45, 2.75) is 117 Å². The van der Waals surface area contributed by atoms with Crippen molar-refractivity contribution in [1.29, 1.82) is 0 Å². The normalized spacial score (nSPS) is 14.0. The highest BCUT2D eigenvalue weighted by molar-refractivity contribution is 7.00. The molecule has 0 fully saturated rings. The molecule has 0 aliphatic carbocycles. The number of rotatable bonds is 5. The van der Waals surface area contributed by atoms with Crippen LogP contribution in [-0.2, 0) is 27.1 Å². The van der Waals surface area contributed by atoms with Crippen molar-refractivity contribution >= 4 is 57.2 Å². The van der Waals surface area contributed by atoms with Gasteiger partial charge in [0.25, 0.3) is 6.71 Å². The molecule has 0 saturated carbocycles. The summed E-state index contributed by atoms with van der Waals surface area (Å²) in [6, 6.07) is 60.8. The summed E-state index contributed by atoms with van der Waals surface area (Å²) in [4.78, 5) is 5.17. The molecule has 2 nitrogen and oxygen atoms in total. The van der Waals surface area contributed by atoms with Gasteiger partial charge in [0.15, 0.2) is 0 Å². The van der Waals surface area contributed by atoms with Gasteiger partial charge in [0, 0.05) is 39.5 Å². The standard InChI is InChI=1S/C60H65BN2/c1-56(2,3)40-24-30-47(31-25-40)62-51-34-28-44(58(7,8)9)36-49(51)61-50-37-45(59(10,11)12)29-35-52(50)63(48-32-26-41(27-33-48)57(4,5)6)54-39-46(38-53(62)55(54)61)60(13,42-20-16-14-17-21-42)43-22-18-15-19-23-43/h14-39H,1-13H3. The van der Waals surface area contributed by atoms with E-state index in [-0.39, 0.29) is 28.4 Å². The third-order valence-corrected chi connectivity index (χ3v) is 14.1. The van der Waals surface area contributed by atoms with E-state index in [4.69, 9.17) is 0 Å². The summed E-state index contributed by atoms with van der Waals surface area (Å²) in [7, 11) is 0. The number of hydrogen-bond donors (Lipinski definition) is 0. The van der Waals surface area contributed by atoms with Gasteiger partial charge in [0.1, 0.15) is 0 Å². The second-order valence-corrected chi connectivity index (χ2v) is 22.5. The molecule has 7 aromatic rings. The lowest BCUT2D eigenvalue weighted by molar-refractivity contribution is 0.590. The molecular weight excluding hydrogens is 759 g/mol. The molecule has 63 heavy (non-hydrogen) atoms. The molecule has 2 aliphatic rings. The Hall–Kier alpha value is -5.80. The summed E-state index contributed by atoms with van der Waals surface area (Å²) >= 11 is 0. The van der Waals surface area contributed by atoms with E-state index in [1.165, 1.54) is 89.5 Å². The van der Waals surface area contributed by atoms with Gasteiger partial charge in [-0.15, -0.1) is 0 Å². The smallest absolute Gasteiger partial charge is 0.252 e. The lowest BCUT2D eigenvalue weighted by Crippen LogP contribution is -2.62. The summed E-state index contributed by atoms with van der Waals surface area (Å²) in [5.41, 5.74) is 20.0. The third kappa shape index (κ3) is 7.32. The van der Waals surface area contributed by atoms with Crippen LogP contribution in [0.1, 0.15) is 129 Å². The zero-order valence-electron chi connectivity index (χ0n) is 40.0. The Morgan fingerprint density at radius 2 is 0.635 bits per heavy atom. The van der Waals surface area contributed by atoms with Crippen molar-refractivity contribution in [3.05, 3.63) is 197 Å². The Labute approximate surface area is 379 Å². The van der Waals surface area contributed by atoms with Gasteiger partial charge in [0.05, 0.1) is 0 Å². The summed E-state index contributed by atoms with van der Waals surface area (Å²) in [5.74, 6) is 0. The van der Waals surface area contributed by atoms with Gasteiger partial charge in [-0.25, -0.2) is 0 Å². The monoisotopic (exact) mass is 825 g/mol. The first-order valence-corrected chi connectivity index (χ1v) is 23.1. The molecule has 2 aliphatic heterocycles. The Morgan fingerprint density at radius 3 is 0.968 bits per heavy atom. The molecule has 0 amide bonds. The highest BCUT2D eigenvalue weighted by atomic mass is 15.2. The molecule has 0 saturated heterocycles. The Morgan fingerprint density at radius 1 is 0.302 bits per heavy atom. The molecule has 0 N–H and O–H groups in total. The van der Waals surface area contributed by atoms with Crippen molar-refractivity contribution < 1.29 is 0 Å². The topological polar surface area (TPSA) is 6.48 Å². The molecule has 0 radical (unpaired) electrons. The second kappa shape index (κ2) is 14.9. The van der Waals surface area contributed by atoms with Gasteiger partial charge in [-0.2, -0.15) is 0 Å². The molecule has 2 heterocycles. The SMILES string of the molecule is CC(C)(C)c1ccc(N2c3ccc(C(C)(C)C)cc3B3c4cc(C(C)(C)C)ccc4N(c4ccc(C(C)(C)C)cc4)c4cc(C(C)(c5ccccc5)c5ccccc5)cc2c43)cc1. The zero-order chi connectivity index (χ0) is 44.9. The van der Waals surface area contributed by atoms with Crippen LogP contribution in [0.4, 0.5) is 34.1 Å². The largest absolute Gasteiger partial charge is 0.311 e. The average molecular weight is 825 g/mol. The number of nitrogens with zero attached hydrogens (tertiary/aromatic N) is 2. The minimum atomic E-state index is -0.472. The molecule has 3 heteroatoms. The van der Waals surface area contributed by atoms with Crippen LogP contribution < -0.4 is 26.2 Å². The Balaban J connectivity index is 1.44. The maximum absolute atomic E-state index is 2.59. The summed E-state index contributed by atoms with van der Waals surface area (Å²) < 4.78 is 0. The minimum absolute atomic E-state index is 0.00792. The number of anilines is 6. The van der Waals surface area contributed by atoms with Crippen LogP contribution in [0.3, 0.4) is 0 Å². The minimum Gasteiger partial charge on any atom is -0.311 e. The number of hydrogen-bond acceptors (Lipinski definition) is 2. The van der Waals surface area contributed by atoms with E-state index in [1.54, 1.807) is 0 Å². The van der Waals surface area contributed by atoms with Gasteiger partial charge in [-0.05, 0) is 132 Å². The summed E-state index contributed by atoms with van der Waals surface area (Å²) in [5, 5.41) is 0. The molecule has 7 aromatic carbocycles. The quantitative estimate of drug-likeness (QED) is 0.126. The van der Waals surface area contributed by atoms with Crippen LogP contribution in [0.2, 0.25) is 0 Å². The molecule has 0 spiro atoms. The van der Waals surface area contributed by atoms with Gasteiger partial charge >= 0.3 is 0 Å². The van der Waals surface area contributed by atoms with Crippen LogP contribution in [0.5, 0.6) is 0 Å². The first-order chi connectivity index (χ1) is 29.7. The maximum Gasteiger partial charge on any atom is 0.252 e. The van der Waals surface area contributed by atoms with E-state index in [0.717, 1.165) is 0 Å². The third-order valence-electron chi connectivity index (χ3n) is 14.1. The predicted molar refractivity (Wildman–Crippen MR) is 274 cm³/mol. The molecular formula is C60H65BN2. The maximum atomic E-state index is 2.59. The van der Waals surface area contributed by atoms with Crippen LogP contribution in [0.15, 0.2) is 158 Å². The van der Waals surface area contributed by atoms with Crippen molar-refractivity contribution in [3.8, 4) is 0 Å².